The van der Waals surface area contributed by atoms with Crippen molar-refractivity contribution in [3.05, 3.63) is 22.7 Å². The van der Waals surface area contributed by atoms with Crippen LogP contribution in [0.25, 0.3) is 0 Å². The van der Waals surface area contributed by atoms with Crippen molar-refractivity contribution >= 4 is 19.9 Å². The van der Waals surface area contributed by atoms with Gasteiger partial charge in [-0.3, -0.25) is 4.79 Å². The second-order valence-corrected chi connectivity index (χ2v) is 7.98. The van der Waals surface area contributed by atoms with Crippen LogP contribution in [0.3, 0.4) is 0 Å². The Balaban J connectivity index is 3.24. The van der Waals surface area contributed by atoms with Crippen LogP contribution >= 0.6 is 0 Å². The van der Waals surface area contributed by atoms with Gasteiger partial charge in [-0.05, 0) is 13.8 Å². The highest BCUT2D eigenvalue weighted by molar-refractivity contribution is 7.94. The summed E-state index contributed by atoms with van der Waals surface area (Å²) >= 11 is 0. The van der Waals surface area contributed by atoms with Crippen molar-refractivity contribution in [3.63, 3.8) is 0 Å². The summed E-state index contributed by atoms with van der Waals surface area (Å²) in [5.41, 5.74) is -0.771. The topological polar surface area (TPSA) is 129 Å². The zero-order valence-electron chi connectivity index (χ0n) is 10.5. The Hall–Kier alpha value is -1.26. The largest absolute Gasteiger partial charge is 0.309 e. The smallest absolute Gasteiger partial charge is 0.288 e. The molecule has 0 saturated carbocycles. The SMILES string of the molecule is CC(C)n1ccnc(S(=O)(=O)CCS(N)(=O)=O)c1=O. The normalized spacial score (nSPS) is 12.8. The highest BCUT2D eigenvalue weighted by Crippen LogP contribution is 2.05. The lowest BCUT2D eigenvalue weighted by Crippen LogP contribution is -2.31. The maximum Gasteiger partial charge on any atom is 0.288 e. The predicted molar refractivity (Wildman–Crippen MR) is 68.9 cm³/mol. The van der Waals surface area contributed by atoms with Gasteiger partial charge in [-0.1, -0.05) is 0 Å². The molecule has 0 aliphatic rings. The number of nitrogens with two attached hydrogens (primary N) is 1. The third kappa shape index (κ3) is 4.11. The van der Waals surface area contributed by atoms with E-state index in [2.05, 4.69) is 4.98 Å². The Bertz CT molecular complexity index is 718. The lowest BCUT2D eigenvalue weighted by molar-refractivity contribution is 0.548. The van der Waals surface area contributed by atoms with Crippen molar-refractivity contribution in [1.29, 1.82) is 0 Å². The van der Waals surface area contributed by atoms with E-state index in [4.69, 9.17) is 5.14 Å². The van der Waals surface area contributed by atoms with E-state index in [9.17, 15) is 21.6 Å². The molecule has 0 unspecified atom stereocenters. The van der Waals surface area contributed by atoms with E-state index in [1.165, 1.54) is 17.0 Å². The molecular formula is C9H15N3O5S2. The highest BCUT2D eigenvalue weighted by Gasteiger charge is 2.23. The van der Waals surface area contributed by atoms with Crippen molar-refractivity contribution in [2.24, 2.45) is 5.14 Å². The summed E-state index contributed by atoms with van der Waals surface area (Å²) in [7, 11) is -8.00. The third-order valence-electron chi connectivity index (χ3n) is 2.32. The minimum atomic E-state index is -4.08. The van der Waals surface area contributed by atoms with Gasteiger partial charge < -0.3 is 4.57 Å². The molecule has 0 radical (unpaired) electrons. The van der Waals surface area contributed by atoms with Crippen LogP contribution in [0.5, 0.6) is 0 Å². The Labute approximate surface area is 111 Å². The second kappa shape index (κ2) is 5.39. The molecule has 0 fully saturated rings. The van der Waals surface area contributed by atoms with Gasteiger partial charge >= 0.3 is 0 Å². The summed E-state index contributed by atoms with van der Waals surface area (Å²) < 4.78 is 46.5. The van der Waals surface area contributed by atoms with E-state index in [-0.39, 0.29) is 6.04 Å². The quantitative estimate of drug-likeness (QED) is 0.734. The highest BCUT2D eigenvalue weighted by atomic mass is 32.2. The van der Waals surface area contributed by atoms with Crippen molar-refractivity contribution in [2.75, 3.05) is 11.5 Å². The number of sulfone groups is 1. The molecule has 10 heteroatoms. The van der Waals surface area contributed by atoms with Gasteiger partial charge in [0.15, 0.2) is 0 Å². The first kappa shape index (κ1) is 15.8. The minimum absolute atomic E-state index is 0.234. The number of nitrogens with zero attached hydrogens (tertiary/aromatic N) is 2. The van der Waals surface area contributed by atoms with Crippen LogP contribution in [-0.4, -0.2) is 37.9 Å². The van der Waals surface area contributed by atoms with Crippen molar-refractivity contribution in [2.45, 2.75) is 24.9 Å². The molecule has 1 aromatic rings. The van der Waals surface area contributed by atoms with Gasteiger partial charge in [0.2, 0.25) is 24.9 Å². The first-order valence-corrected chi connectivity index (χ1v) is 8.72. The number of hydrogen-bond acceptors (Lipinski definition) is 6. The molecule has 0 aliphatic carbocycles. The number of hydrogen-bond donors (Lipinski definition) is 1. The van der Waals surface area contributed by atoms with Crippen LogP contribution in [0.15, 0.2) is 22.2 Å². The van der Waals surface area contributed by atoms with Gasteiger partial charge in [0.25, 0.3) is 5.56 Å². The molecule has 0 bridgehead atoms. The first-order valence-electron chi connectivity index (χ1n) is 5.35. The summed E-state index contributed by atoms with van der Waals surface area (Å²) in [5.74, 6) is -1.52. The number of primary sulfonamides is 1. The van der Waals surface area contributed by atoms with Crippen LogP contribution < -0.4 is 10.7 Å². The molecule has 1 aromatic heterocycles. The average molecular weight is 309 g/mol. The molecule has 2 N–H and O–H groups in total. The van der Waals surface area contributed by atoms with Crippen LogP contribution in [0.1, 0.15) is 19.9 Å². The molecule has 0 amide bonds. The fourth-order valence-corrected chi connectivity index (χ4v) is 3.94. The van der Waals surface area contributed by atoms with Crippen LogP contribution in [-0.2, 0) is 19.9 Å². The van der Waals surface area contributed by atoms with Gasteiger partial charge in [0, 0.05) is 18.4 Å². The lowest BCUT2D eigenvalue weighted by Gasteiger charge is -2.10. The summed E-state index contributed by atoms with van der Waals surface area (Å²) in [6.07, 6.45) is 2.55. The van der Waals surface area contributed by atoms with E-state index in [0.29, 0.717) is 0 Å². The zero-order chi connectivity index (χ0) is 14.8. The molecule has 1 rings (SSSR count). The molecular weight excluding hydrogens is 294 g/mol. The molecule has 19 heavy (non-hydrogen) atoms. The molecule has 0 spiro atoms. The second-order valence-electron chi connectivity index (χ2n) is 4.22. The summed E-state index contributed by atoms with van der Waals surface area (Å²) in [5, 5.41) is 4.08. The molecule has 1 heterocycles. The number of sulfonamides is 1. The fourth-order valence-electron chi connectivity index (χ4n) is 1.35. The average Bonchev–Trinajstić information content (AvgIpc) is 2.25. The first-order chi connectivity index (χ1) is 8.54. The Kier molecular flexibility index (Phi) is 4.48. The number of aromatic nitrogens is 2. The molecule has 0 atom stereocenters. The van der Waals surface area contributed by atoms with Gasteiger partial charge in [-0.15, -0.1) is 0 Å². The standard InChI is InChI=1S/C9H15N3O5S2/c1-7(2)12-4-3-11-8(9(12)13)18(14,15)5-6-19(10,16)17/h3-4,7H,5-6H2,1-2H3,(H2,10,16,17). The van der Waals surface area contributed by atoms with Crippen LogP contribution in [0.2, 0.25) is 0 Å². The van der Waals surface area contributed by atoms with Crippen LogP contribution in [0.4, 0.5) is 0 Å². The van der Waals surface area contributed by atoms with Gasteiger partial charge in [-0.25, -0.2) is 27.0 Å². The lowest BCUT2D eigenvalue weighted by atomic mass is 10.4. The maximum atomic E-state index is 11.9. The molecule has 0 aliphatic heterocycles. The Morgan fingerprint density at radius 1 is 1.26 bits per heavy atom. The van der Waals surface area contributed by atoms with Crippen molar-refractivity contribution < 1.29 is 16.8 Å². The van der Waals surface area contributed by atoms with E-state index in [1.807, 2.05) is 0 Å². The molecule has 108 valence electrons. The third-order valence-corrected chi connectivity index (χ3v) is 4.97. The minimum Gasteiger partial charge on any atom is -0.309 e. The predicted octanol–water partition coefficient (Wildman–Crippen LogP) is -1.11. The fraction of sp³-hybridized carbons (Fsp3) is 0.556. The van der Waals surface area contributed by atoms with Crippen LogP contribution in [0, 0.1) is 0 Å². The van der Waals surface area contributed by atoms with E-state index >= 15 is 0 Å². The van der Waals surface area contributed by atoms with Crippen molar-refractivity contribution in [3.8, 4) is 0 Å². The number of rotatable bonds is 5. The van der Waals surface area contributed by atoms with Gasteiger partial charge in [0.1, 0.15) is 0 Å². The summed E-state index contributed by atoms with van der Waals surface area (Å²) in [4.78, 5) is 15.5. The Morgan fingerprint density at radius 3 is 2.32 bits per heavy atom. The van der Waals surface area contributed by atoms with E-state index in [1.54, 1.807) is 13.8 Å². The molecule has 0 aromatic carbocycles. The maximum absolute atomic E-state index is 11.9. The Morgan fingerprint density at radius 2 is 1.84 bits per heavy atom. The van der Waals surface area contributed by atoms with E-state index < -0.39 is 42.0 Å². The van der Waals surface area contributed by atoms with Crippen molar-refractivity contribution in [1.82, 2.24) is 9.55 Å². The van der Waals surface area contributed by atoms with Gasteiger partial charge in [0.05, 0.1) is 11.5 Å². The zero-order valence-corrected chi connectivity index (χ0v) is 12.1. The van der Waals surface area contributed by atoms with Gasteiger partial charge in [-0.2, -0.15) is 0 Å². The molecule has 8 nitrogen and oxygen atoms in total. The summed E-state index contributed by atoms with van der Waals surface area (Å²) in [6.45, 7) is 3.42. The van der Waals surface area contributed by atoms with E-state index in [0.717, 1.165) is 0 Å². The monoisotopic (exact) mass is 309 g/mol. The molecule has 0 saturated heterocycles. The summed E-state index contributed by atoms with van der Waals surface area (Å²) in [6, 6.07) is -0.234.